The van der Waals surface area contributed by atoms with Gasteiger partial charge in [0.2, 0.25) is 0 Å². The molecule has 0 radical (unpaired) electrons. The van der Waals surface area contributed by atoms with Crippen LogP contribution in [0, 0.1) is 0 Å². The van der Waals surface area contributed by atoms with Crippen LogP contribution in [0.25, 0.3) is 0 Å². The molecule has 2 aromatic carbocycles. The molecule has 2 atom stereocenters. The first kappa shape index (κ1) is 11.6. The van der Waals surface area contributed by atoms with E-state index in [1.165, 1.54) is 16.1 Å². The van der Waals surface area contributed by atoms with E-state index in [9.17, 15) is 0 Å². The van der Waals surface area contributed by atoms with Crippen molar-refractivity contribution in [1.29, 1.82) is 0 Å². The molecule has 2 aromatic rings. The number of hydrogen-bond acceptors (Lipinski definition) is 3. The maximum Gasteiger partial charge on any atom is 0.133 e. The summed E-state index contributed by atoms with van der Waals surface area (Å²) in [5, 5.41) is 4.47. The van der Waals surface area contributed by atoms with Crippen LogP contribution < -0.4 is 10.2 Å². The van der Waals surface area contributed by atoms with Crippen molar-refractivity contribution in [2.75, 3.05) is 11.4 Å². The minimum absolute atomic E-state index is 0.359. The highest BCUT2D eigenvalue weighted by atomic mass is 35.5. The Kier molecular flexibility index (Phi) is 2.72. The van der Waals surface area contributed by atoms with Gasteiger partial charge < -0.3 is 4.90 Å². The minimum Gasteiger partial charge on any atom is -0.344 e. The fourth-order valence-corrected chi connectivity index (χ4v) is 4.13. The third-order valence-corrected chi connectivity index (χ3v) is 5.16. The van der Waals surface area contributed by atoms with Crippen molar-refractivity contribution < 1.29 is 0 Å². The van der Waals surface area contributed by atoms with Gasteiger partial charge in [-0.25, -0.2) is 0 Å². The summed E-state index contributed by atoms with van der Waals surface area (Å²) in [6, 6.07) is 17.1. The lowest BCUT2D eigenvalue weighted by molar-refractivity contribution is 0.659. The van der Waals surface area contributed by atoms with Crippen LogP contribution in [-0.2, 0) is 0 Å². The summed E-state index contributed by atoms with van der Waals surface area (Å²) < 4.78 is 0. The van der Waals surface area contributed by atoms with Gasteiger partial charge in [-0.05, 0) is 29.8 Å². The zero-order valence-electron chi connectivity index (χ0n) is 10.2. The predicted molar refractivity (Wildman–Crippen MR) is 80.8 cm³/mol. The van der Waals surface area contributed by atoms with E-state index >= 15 is 0 Å². The van der Waals surface area contributed by atoms with Crippen molar-refractivity contribution in [2.45, 2.75) is 16.4 Å². The molecule has 4 rings (SSSR count). The molecular formula is C15H13ClN2S. The Morgan fingerprint density at radius 2 is 1.89 bits per heavy atom. The van der Waals surface area contributed by atoms with Crippen molar-refractivity contribution in [2.24, 2.45) is 0 Å². The van der Waals surface area contributed by atoms with Crippen molar-refractivity contribution in [3.63, 3.8) is 0 Å². The van der Waals surface area contributed by atoms with Crippen molar-refractivity contribution in [3.8, 4) is 0 Å². The molecule has 0 saturated carbocycles. The highest BCUT2D eigenvalue weighted by Gasteiger charge is 2.38. The second-order valence-corrected chi connectivity index (χ2v) is 6.42. The van der Waals surface area contributed by atoms with E-state index in [2.05, 4.69) is 46.6 Å². The monoisotopic (exact) mass is 288 g/mol. The Morgan fingerprint density at radius 3 is 2.74 bits per heavy atom. The molecule has 0 aliphatic carbocycles. The SMILES string of the molecule is Clc1ccc(C2CN3c4ccccc4SC3N2)cc1. The first-order chi connectivity index (χ1) is 9.31. The van der Waals surface area contributed by atoms with Gasteiger partial charge in [-0.3, -0.25) is 5.32 Å². The van der Waals surface area contributed by atoms with Crippen LogP contribution in [0.4, 0.5) is 5.69 Å². The van der Waals surface area contributed by atoms with Crippen LogP contribution in [0.5, 0.6) is 0 Å². The second-order valence-electron chi connectivity index (χ2n) is 4.86. The van der Waals surface area contributed by atoms with Gasteiger partial charge in [0, 0.05) is 16.5 Å². The molecule has 2 nitrogen and oxygen atoms in total. The second kappa shape index (κ2) is 4.44. The minimum atomic E-state index is 0.359. The number of nitrogens with one attached hydrogen (secondary N) is 1. The van der Waals surface area contributed by atoms with Crippen LogP contribution in [0.3, 0.4) is 0 Å². The molecular weight excluding hydrogens is 276 g/mol. The molecule has 0 aromatic heterocycles. The van der Waals surface area contributed by atoms with Crippen LogP contribution in [-0.4, -0.2) is 12.0 Å². The van der Waals surface area contributed by atoms with Gasteiger partial charge in [-0.2, -0.15) is 0 Å². The Bertz CT molecular complexity index is 614. The van der Waals surface area contributed by atoms with E-state index in [0.717, 1.165) is 11.6 Å². The molecule has 2 aliphatic heterocycles. The van der Waals surface area contributed by atoms with Crippen LogP contribution in [0.1, 0.15) is 11.6 Å². The van der Waals surface area contributed by atoms with Gasteiger partial charge in [-0.15, -0.1) is 0 Å². The maximum atomic E-state index is 5.95. The summed E-state index contributed by atoms with van der Waals surface area (Å²) in [4.78, 5) is 3.81. The molecule has 0 bridgehead atoms. The fraction of sp³-hybridized carbons (Fsp3) is 0.200. The fourth-order valence-electron chi connectivity index (χ4n) is 2.74. The van der Waals surface area contributed by atoms with Gasteiger partial charge in [0.1, 0.15) is 5.50 Å². The Labute approximate surface area is 121 Å². The topological polar surface area (TPSA) is 15.3 Å². The van der Waals surface area contributed by atoms with E-state index in [4.69, 9.17) is 11.6 Å². The lowest BCUT2D eigenvalue weighted by Crippen LogP contribution is -2.28. The number of thioether (sulfide) groups is 1. The van der Waals surface area contributed by atoms with E-state index < -0.39 is 0 Å². The quantitative estimate of drug-likeness (QED) is 0.857. The molecule has 1 N–H and O–H groups in total. The summed E-state index contributed by atoms with van der Waals surface area (Å²) >= 11 is 7.84. The van der Waals surface area contributed by atoms with Crippen molar-refractivity contribution >= 4 is 29.1 Å². The number of nitrogens with zero attached hydrogens (tertiary/aromatic N) is 1. The summed E-state index contributed by atoms with van der Waals surface area (Å²) in [6.45, 7) is 1.01. The lowest BCUT2D eigenvalue weighted by atomic mass is 10.1. The Hall–Kier alpha value is -1.16. The standard InChI is InChI=1S/C15H13ClN2S/c16-11-7-5-10(6-8-11)12-9-18-13-3-1-2-4-14(13)19-15(18)17-12/h1-8,12,15,17H,9H2. The van der Waals surface area contributed by atoms with Gasteiger partial charge in [0.15, 0.2) is 0 Å². The van der Waals surface area contributed by atoms with Gasteiger partial charge >= 0.3 is 0 Å². The third-order valence-electron chi connectivity index (χ3n) is 3.69. The van der Waals surface area contributed by atoms with E-state index in [-0.39, 0.29) is 0 Å². The molecule has 2 unspecified atom stereocenters. The van der Waals surface area contributed by atoms with Crippen LogP contribution >= 0.6 is 23.4 Å². The number of para-hydroxylation sites is 1. The largest absolute Gasteiger partial charge is 0.344 e. The van der Waals surface area contributed by atoms with Gasteiger partial charge in [-0.1, -0.05) is 47.6 Å². The molecule has 0 spiro atoms. The molecule has 96 valence electrons. The number of halogens is 1. The highest BCUT2D eigenvalue weighted by Crippen LogP contribution is 2.46. The normalized spacial score (nSPS) is 24.4. The molecule has 1 fully saturated rings. The van der Waals surface area contributed by atoms with E-state index in [0.29, 0.717) is 11.5 Å². The predicted octanol–water partition coefficient (Wildman–Crippen LogP) is 3.88. The molecule has 1 saturated heterocycles. The van der Waals surface area contributed by atoms with Crippen molar-refractivity contribution in [1.82, 2.24) is 5.32 Å². The van der Waals surface area contributed by atoms with Gasteiger partial charge in [0.25, 0.3) is 0 Å². The van der Waals surface area contributed by atoms with E-state index in [1.54, 1.807) is 0 Å². The summed E-state index contributed by atoms with van der Waals surface area (Å²) in [6.07, 6.45) is 0. The number of rotatable bonds is 1. The molecule has 0 amide bonds. The summed E-state index contributed by atoms with van der Waals surface area (Å²) in [5.74, 6) is 0. The molecule has 2 aliphatic rings. The Balaban J connectivity index is 1.61. The number of anilines is 1. The Morgan fingerprint density at radius 1 is 1.11 bits per heavy atom. The zero-order valence-corrected chi connectivity index (χ0v) is 11.8. The van der Waals surface area contributed by atoms with Gasteiger partial charge in [0.05, 0.1) is 11.7 Å². The van der Waals surface area contributed by atoms with Crippen molar-refractivity contribution in [3.05, 3.63) is 59.1 Å². The first-order valence-corrected chi connectivity index (χ1v) is 7.61. The molecule has 2 heterocycles. The summed E-state index contributed by atoms with van der Waals surface area (Å²) in [5.41, 5.74) is 3.01. The molecule has 19 heavy (non-hydrogen) atoms. The number of benzene rings is 2. The average Bonchev–Trinajstić information content (AvgIpc) is 2.97. The lowest BCUT2D eigenvalue weighted by Gasteiger charge is -2.16. The zero-order chi connectivity index (χ0) is 12.8. The maximum absolute atomic E-state index is 5.95. The van der Waals surface area contributed by atoms with E-state index in [1.807, 2.05) is 23.9 Å². The van der Waals surface area contributed by atoms with Crippen LogP contribution in [0.15, 0.2) is 53.4 Å². The average molecular weight is 289 g/mol. The number of hydrogen-bond donors (Lipinski definition) is 1. The first-order valence-electron chi connectivity index (χ1n) is 6.35. The van der Waals surface area contributed by atoms with Crippen LogP contribution in [0.2, 0.25) is 5.02 Å². The smallest absolute Gasteiger partial charge is 0.133 e. The summed E-state index contributed by atoms with van der Waals surface area (Å²) in [7, 11) is 0. The molecule has 4 heteroatoms. The highest BCUT2D eigenvalue weighted by molar-refractivity contribution is 8.00. The third kappa shape index (κ3) is 1.93. The number of fused-ring (bicyclic) bond motifs is 3.